The first-order valence-electron chi connectivity index (χ1n) is 9.84. The molecule has 5 heteroatoms. The number of rotatable bonds is 10. The molecule has 0 radical (unpaired) electrons. The van der Waals surface area contributed by atoms with Gasteiger partial charge in [-0.15, -0.1) is 0 Å². The molecule has 0 aliphatic carbocycles. The van der Waals surface area contributed by atoms with Crippen molar-refractivity contribution in [2.45, 2.75) is 44.7 Å². The molecule has 0 spiro atoms. The summed E-state index contributed by atoms with van der Waals surface area (Å²) in [5.74, 6) is -0.799. The molecule has 5 nitrogen and oxygen atoms in total. The fourth-order valence-electron chi connectivity index (χ4n) is 3.79. The minimum atomic E-state index is -0.799. The normalized spacial score (nSPS) is 13.5. The van der Waals surface area contributed by atoms with Crippen LogP contribution in [0.2, 0.25) is 0 Å². The number of benzene rings is 2. The summed E-state index contributed by atoms with van der Waals surface area (Å²) in [4.78, 5) is 14.7. The van der Waals surface area contributed by atoms with Crippen molar-refractivity contribution in [2.24, 2.45) is 5.73 Å². The number of nitrogens with two attached hydrogens (primary N) is 1. The van der Waals surface area contributed by atoms with Crippen LogP contribution in [0.1, 0.15) is 29.5 Å². The van der Waals surface area contributed by atoms with Crippen LogP contribution >= 0.6 is 0 Å². The standard InChI is InChI=1S/C23H29N3O2/c1-16-6-2-3-7-17(16)10-11-19(14-24)26-20(13-23(27)28)12-18-15-25-22-9-5-4-8-21(18)22/h2-9,15,19-20,25-26H,10-14,24H2,1H3,(H,27,28)/t19?,20-/m0/s1. The summed E-state index contributed by atoms with van der Waals surface area (Å²) < 4.78 is 0. The van der Waals surface area contributed by atoms with E-state index in [4.69, 9.17) is 5.73 Å². The van der Waals surface area contributed by atoms with Crippen LogP contribution in [-0.2, 0) is 17.6 Å². The maximum atomic E-state index is 11.4. The van der Waals surface area contributed by atoms with Gasteiger partial charge in [-0.05, 0) is 48.9 Å². The van der Waals surface area contributed by atoms with Crippen LogP contribution < -0.4 is 11.1 Å². The van der Waals surface area contributed by atoms with E-state index in [1.807, 2.05) is 30.5 Å². The van der Waals surface area contributed by atoms with Gasteiger partial charge in [-0.25, -0.2) is 0 Å². The number of carboxylic acid groups (broad SMARTS) is 1. The number of aliphatic carboxylic acids is 1. The third-order valence-corrected chi connectivity index (χ3v) is 5.34. The average molecular weight is 380 g/mol. The van der Waals surface area contributed by atoms with Gasteiger partial charge in [0, 0.05) is 35.7 Å². The van der Waals surface area contributed by atoms with Gasteiger partial charge < -0.3 is 21.1 Å². The Bertz CT molecular complexity index is 919. The average Bonchev–Trinajstić information content (AvgIpc) is 3.08. The molecule has 1 unspecified atom stereocenters. The molecule has 1 heterocycles. The van der Waals surface area contributed by atoms with E-state index in [1.54, 1.807) is 0 Å². The second-order valence-corrected chi connectivity index (χ2v) is 7.42. The summed E-state index contributed by atoms with van der Waals surface area (Å²) in [7, 11) is 0. The summed E-state index contributed by atoms with van der Waals surface area (Å²) in [6, 6.07) is 16.4. The fourth-order valence-corrected chi connectivity index (χ4v) is 3.79. The van der Waals surface area contributed by atoms with Crippen molar-refractivity contribution < 1.29 is 9.90 Å². The first-order valence-corrected chi connectivity index (χ1v) is 9.84. The molecule has 0 bridgehead atoms. The maximum absolute atomic E-state index is 11.4. The quantitative estimate of drug-likeness (QED) is 0.434. The molecule has 28 heavy (non-hydrogen) atoms. The van der Waals surface area contributed by atoms with Crippen molar-refractivity contribution >= 4 is 16.9 Å². The Balaban J connectivity index is 1.68. The molecular formula is C23H29N3O2. The number of aromatic amines is 1. The molecule has 1 aromatic heterocycles. The number of carbonyl (C=O) groups is 1. The number of aryl methyl sites for hydroxylation is 2. The number of H-pyrrole nitrogens is 1. The Labute approximate surface area is 166 Å². The third kappa shape index (κ3) is 5.21. The monoisotopic (exact) mass is 379 g/mol. The van der Waals surface area contributed by atoms with Crippen LogP contribution in [0.3, 0.4) is 0 Å². The number of carboxylic acids is 1. The van der Waals surface area contributed by atoms with Gasteiger partial charge in [0.2, 0.25) is 0 Å². The van der Waals surface area contributed by atoms with Gasteiger partial charge in [-0.1, -0.05) is 42.5 Å². The molecule has 148 valence electrons. The molecular weight excluding hydrogens is 350 g/mol. The predicted molar refractivity (Wildman–Crippen MR) is 114 cm³/mol. The lowest BCUT2D eigenvalue weighted by Crippen LogP contribution is -2.45. The predicted octanol–water partition coefficient (Wildman–Crippen LogP) is 3.41. The van der Waals surface area contributed by atoms with E-state index < -0.39 is 5.97 Å². The minimum Gasteiger partial charge on any atom is -0.481 e. The number of aromatic nitrogens is 1. The van der Waals surface area contributed by atoms with Crippen molar-refractivity contribution in [3.8, 4) is 0 Å². The highest BCUT2D eigenvalue weighted by Crippen LogP contribution is 2.20. The summed E-state index contributed by atoms with van der Waals surface area (Å²) in [6.07, 6.45) is 4.50. The fraction of sp³-hybridized carbons (Fsp3) is 0.348. The van der Waals surface area contributed by atoms with Crippen molar-refractivity contribution in [1.82, 2.24) is 10.3 Å². The Morgan fingerprint density at radius 2 is 1.86 bits per heavy atom. The molecule has 0 aliphatic rings. The van der Waals surface area contributed by atoms with Crippen LogP contribution in [0.5, 0.6) is 0 Å². The van der Waals surface area contributed by atoms with E-state index in [0.29, 0.717) is 13.0 Å². The van der Waals surface area contributed by atoms with E-state index in [0.717, 1.165) is 29.3 Å². The smallest absolute Gasteiger partial charge is 0.304 e. The van der Waals surface area contributed by atoms with Gasteiger partial charge >= 0.3 is 5.97 Å². The van der Waals surface area contributed by atoms with Crippen LogP contribution in [0.25, 0.3) is 10.9 Å². The van der Waals surface area contributed by atoms with Gasteiger partial charge in [-0.3, -0.25) is 4.79 Å². The Kier molecular flexibility index (Phi) is 6.85. The lowest BCUT2D eigenvalue weighted by atomic mass is 9.98. The summed E-state index contributed by atoms with van der Waals surface area (Å²) in [5.41, 5.74) is 10.8. The molecule has 0 saturated heterocycles. The van der Waals surface area contributed by atoms with Crippen LogP contribution in [0, 0.1) is 6.92 Å². The number of hydrogen-bond donors (Lipinski definition) is 4. The summed E-state index contributed by atoms with van der Waals surface area (Å²) >= 11 is 0. The lowest BCUT2D eigenvalue weighted by molar-refractivity contribution is -0.137. The summed E-state index contributed by atoms with van der Waals surface area (Å²) in [6.45, 7) is 2.60. The zero-order valence-corrected chi connectivity index (χ0v) is 16.3. The molecule has 0 aliphatic heterocycles. The molecule has 0 fully saturated rings. The molecule has 2 aromatic carbocycles. The lowest BCUT2D eigenvalue weighted by Gasteiger charge is -2.24. The molecule has 0 amide bonds. The van der Waals surface area contributed by atoms with E-state index in [9.17, 15) is 9.90 Å². The molecule has 5 N–H and O–H groups in total. The third-order valence-electron chi connectivity index (χ3n) is 5.34. The van der Waals surface area contributed by atoms with E-state index in [2.05, 4.69) is 41.5 Å². The van der Waals surface area contributed by atoms with Gasteiger partial charge in [0.05, 0.1) is 6.42 Å². The van der Waals surface area contributed by atoms with Gasteiger partial charge in [0.1, 0.15) is 0 Å². The highest BCUT2D eigenvalue weighted by Gasteiger charge is 2.19. The highest BCUT2D eigenvalue weighted by molar-refractivity contribution is 5.83. The van der Waals surface area contributed by atoms with Gasteiger partial charge in [0.25, 0.3) is 0 Å². The minimum absolute atomic E-state index is 0.0698. The van der Waals surface area contributed by atoms with Crippen molar-refractivity contribution in [3.05, 3.63) is 71.4 Å². The summed E-state index contributed by atoms with van der Waals surface area (Å²) in [5, 5.41) is 14.0. The Morgan fingerprint density at radius 3 is 2.61 bits per heavy atom. The molecule has 2 atom stereocenters. The van der Waals surface area contributed by atoms with Crippen molar-refractivity contribution in [3.63, 3.8) is 0 Å². The van der Waals surface area contributed by atoms with Gasteiger partial charge in [-0.2, -0.15) is 0 Å². The maximum Gasteiger partial charge on any atom is 0.304 e. The van der Waals surface area contributed by atoms with Crippen LogP contribution in [-0.4, -0.2) is 34.7 Å². The Hall–Kier alpha value is -2.63. The number of fused-ring (bicyclic) bond motifs is 1. The number of nitrogens with one attached hydrogen (secondary N) is 2. The van der Waals surface area contributed by atoms with Crippen molar-refractivity contribution in [2.75, 3.05) is 6.54 Å². The number of para-hydroxylation sites is 1. The Morgan fingerprint density at radius 1 is 1.11 bits per heavy atom. The first kappa shape index (κ1) is 20.1. The SMILES string of the molecule is Cc1ccccc1CCC(CN)N[C@H](CC(=O)O)Cc1c[nH]c2ccccc12. The van der Waals surface area contributed by atoms with Crippen LogP contribution in [0.4, 0.5) is 0 Å². The van der Waals surface area contributed by atoms with E-state index >= 15 is 0 Å². The van der Waals surface area contributed by atoms with E-state index in [-0.39, 0.29) is 18.5 Å². The zero-order valence-electron chi connectivity index (χ0n) is 16.3. The second-order valence-electron chi connectivity index (χ2n) is 7.42. The van der Waals surface area contributed by atoms with E-state index in [1.165, 1.54) is 11.1 Å². The number of hydrogen-bond acceptors (Lipinski definition) is 3. The topological polar surface area (TPSA) is 91.1 Å². The van der Waals surface area contributed by atoms with Crippen LogP contribution in [0.15, 0.2) is 54.7 Å². The zero-order chi connectivity index (χ0) is 19.9. The largest absolute Gasteiger partial charge is 0.481 e. The highest BCUT2D eigenvalue weighted by atomic mass is 16.4. The second kappa shape index (κ2) is 9.53. The molecule has 0 saturated carbocycles. The van der Waals surface area contributed by atoms with Gasteiger partial charge in [0.15, 0.2) is 0 Å². The molecule has 3 aromatic rings. The first-order chi connectivity index (χ1) is 13.6. The molecule has 3 rings (SSSR count). The van der Waals surface area contributed by atoms with Crippen molar-refractivity contribution in [1.29, 1.82) is 0 Å².